The molecule has 166 valence electrons. The van der Waals surface area contributed by atoms with E-state index in [4.69, 9.17) is 4.74 Å². The summed E-state index contributed by atoms with van der Waals surface area (Å²) in [5, 5.41) is 10.9. The summed E-state index contributed by atoms with van der Waals surface area (Å²) in [6.45, 7) is 2.51. The van der Waals surface area contributed by atoms with Gasteiger partial charge in [-0.3, -0.25) is 0 Å². The highest BCUT2D eigenvalue weighted by Crippen LogP contribution is 2.16. The van der Waals surface area contributed by atoms with Gasteiger partial charge in [-0.15, -0.1) is 24.0 Å². The molecule has 2 heterocycles. The molecule has 2 N–H and O–H groups in total. The molecule has 1 unspecified atom stereocenters. The van der Waals surface area contributed by atoms with Gasteiger partial charge in [0.15, 0.2) is 5.96 Å². The van der Waals surface area contributed by atoms with Crippen LogP contribution in [-0.2, 0) is 30.9 Å². The summed E-state index contributed by atoms with van der Waals surface area (Å²) in [5.41, 5.74) is 1.59. The third-order valence-corrected chi connectivity index (χ3v) is 4.44. The van der Waals surface area contributed by atoms with Crippen molar-refractivity contribution in [2.24, 2.45) is 4.99 Å². The molecule has 0 saturated carbocycles. The van der Waals surface area contributed by atoms with E-state index < -0.39 is 12.8 Å². The number of alkyl halides is 3. The topological polar surface area (TPSA) is 76.4 Å². The average Bonchev–Trinajstić information content (AvgIpc) is 3.13. The largest absolute Gasteiger partial charge is 0.411 e. The first-order valence-corrected chi connectivity index (χ1v) is 9.57. The Morgan fingerprint density at radius 1 is 1.33 bits per heavy atom. The molecule has 0 radical (unpaired) electrons. The SMILES string of the molecule is CCNC(=NCc1cccc(COCC(F)(F)F)c1)NC1CCc2ncnn2C1.I. The Hall–Kier alpha value is -1.89. The number of aromatic nitrogens is 3. The third-order valence-electron chi connectivity index (χ3n) is 4.44. The maximum Gasteiger partial charge on any atom is 0.411 e. The van der Waals surface area contributed by atoms with E-state index in [0.29, 0.717) is 18.1 Å². The number of nitrogens with one attached hydrogen (secondary N) is 2. The predicted molar refractivity (Wildman–Crippen MR) is 118 cm³/mol. The van der Waals surface area contributed by atoms with Gasteiger partial charge in [0.2, 0.25) is 0 Å². The lowest BCUT2D eigenvalue weighted by molar-refractivity contribution is -0.176. The molecule has 7 nitrogen and oxygen atoms in total. The number of halogens is 4. The summed E-state index contributed by atoms with van der Waals surface area (Å²) in [5.74, 6) is 1.69. The third kappa shape index (κ3) is 7.74. The van der Waals surface area contributed by atoms with Crippen molar-refractivity contribution in [3.63, 3.8) is 0 Å². The molecular formula is C19H26F3IN6O. The van der Waals surface area contributed by atoms with Gasteiger partial charge in [-0.2, -0.15) is 18.3 Å². The van der Waals surface area contributed by atoms with Gasteiger partial charge in [0.25, 0.3) is 0 Å². The number of nitrogens with zero attached hydrogens (tertiary/aromatic N) is 4. The Balaban J connectivity index is 0.00000320. The fourth-order valence-electron chi connectivity index (χ4n) is 3.14. The number of aryl methyl sites for hydroxylation is 1. The molecule has 1 atom stereocenters. The van der Waals surface area contributed by atoms with Gasteiger partial charge in [-0.05, 0) is 24.5 Å². The Bertz CT molecular complexity index is 827. The quantitative estimate of drug-likeness (QED) is 0.322. The van der Waals surface area contributed by atoms with Crippen molar-refractivity contribution in [3.8, 4) is 0 Å². The van der Waals surface area contributed by atoms with Gasteiger partial charge in [-0.25, -0.2) is 14.7 Å². The van der Waals surface area contributed by atoms with Crippen LogP contribution in [0.5, 0.6) is 0 Å². The molecule has 11 heteroatoms. The molecule has 30 heavy (non-hydrogen) atoms. The minimum Gasteiger partial charge on any atom is -0.367 e. The van der Waals surface area contributed by atoms with Crippen molar-refractivity contribution in [1.29, 1.82) is 0 Å². The first kappa shape index (κ1) is 24.4. The van der Waals surface area contributed by atoms with Crippen molar-refractivity contribution in [1.82, 2.24) is 25.4 Å². The smallest absolute Gasteiger partial charge is 0.367 e. The molecule has 2 aromatic rings. The molecular weight excluding hydrogens is 512 g/mol. The van der Waals surface area contributed by atoms with E-state index in [9.17, 15) is 13.2 Å². The Labute approximate surface area is 190 Å². The van der Waals surface area contributed by atoms with Crippen molar-refractivity contribution < 1.29 is 17.9 Å². The maximum absolute atomic E-state index is 12.2. The molecule has 1 aromatic heterocycles. The van der Waals surface area contributed by atoms with Crippen LogP contribution in [0, 0.1) is 0 Å². The van der Waals surface area contributed by atoms with Crippen LogP contribution in [0.25, 0.3) is 0 Å². The zero-order chi connectivity index (χ0) is 20.7. The molecule has 1 aliphatic heterocycles. The summed E-state index contributed by atoms with van der Waals surface area (Å²) in [7, 11) is 0. The van der Waals surface area contributed by atoms with Crippen LogP contribution in [0.4, 0.5) is 13.2 Å². The van der Waals surface area contributed by atoms with Crippen LogP contribution in [0.3, 0.4) is 0 Å². The van der Waals surface area contributed by atoms with E-state index in [1.807, 2.05) is 23.7 Å². The van der Waals surface area contributed by atoms with Crippen molar-refractivity contribution >= 4 is 29.9 Å². The fraction of sp³-hybridized carbons (Fsp3) is 0.526. The van der Waals surface area contributed by atoms with Gasteiger partial charge in [0, 0.05) is 19.0 Å². The van der Waals surface area contributed by atoms with Gasteiger partial charge < -0.3 is 15.4 Å². The molecule has 3 rings (SSSR count). The number of hydrogen-bond donors (Lipinski definition) is 2. The molecule has 0 spiro atoms. The van der Waals surface area contributed by atoms with E-state index in [1.54, 1.807) is 18.5 Å². The Morgan fingerprint density at radius 2 is 2.13 bits per heavy atom. The zero-order valence-electron chi connectivity index (χ0n) is 16.7. The normalized spacial score (nSPS) is 16.5. The molecule has 0 fully saturated rings. The monoisotopic (exact) mass is 538 g/mol. The lowest BCUT2D eigenvalue weighted by Gasteiger charge is -2.25. The minimum atomic E-state index is -4.32. The molecule has 1 aliphatic rings. The second kappa shape index (κ2) is 11.5. The molecule has 0 amide bonds. The predicted octanol–water partition coefficient (Wildman–Crippen LogP) is 3.05. The van der Waals surface area contributed by atoms with Crippen LogP contribution < -0.4 is 10.6 Å². The lowest BCUT2D eigenvalue weighted by atomic mass is 10.1. The second-order valence-electron chi connectivity index (χ2n) is 6.86. The maximum atomic E-state index is 12.2. The number of rotatable bonds is 7. The highest BCUT2D eigenvalue weighted by atomic mass is 127. The summed E-state index contributed by atoms with van der Waals surface area (Å²) in [6.07, 6.45) is -0.949. The minimum absolute atomic E-state index is 0. The number of fused-ring (bicyclic) bond motifs is 1. The highest BCUT2D eigenvalue weighted by molar-refractivity contribution is 14.0. The van der Waals surface area contributed by atoms with Crippen molar-refractivity contribution in [3.05, 3.63) is 47.5 Å². The molecule has 1 aromatic carbocycles. The highest BCUT2D eigenvalue weighted by Gasteiger charge is 2.27. The van der Waals surface area contributed by atoms with Gasteiger partial charge in [0.1, 0.15) is 18.8 Å². The summed E-state index contributed by atoms with van der Waals surface area (Å²) >= 11 is 0. The van der Waals surface area contributed by atoms with Crippen LogP contribution in [0.15, 0.2) is 35.6 Å². The van der Waals surface area contributed by atoms with Gasteiger partial charge in [0.05, 0.1) is 19.7 Å². The average molecular weight is 538 g/mol. The van der Waals surface area contributed by atoms with E-state index >= 15 is 0 Å². The van der Waals surface area contributed by atoms with E-state index in [1.165, 1.54) is 0 Å². The number of ether oxygens (including phenoxy) is 1. The van der Waals surface area contributed by atoms with E-state index in [2.05, 4.69) is 25.7 Å². The van der Waals surface area contributed by atoms with Gasteiger partial charge in [-0.1, -0.05) is 24.3 Å². The van der Waals surface area contributed by atoms with Crippen LogP contribution in [0.2, 0.25) is 0 Å². The first-order valence-electron chi connectivity index (χ1n) is 9.57. The molecule has 0 aliphatic carbocycles. The summed E-state index contributed by atoms with van der Waals surface area (Å²) in [4.78, 5) is 8.84. The fourth-order valence-corrected chi connectivity index (χ4v) is 3.14. The Kier molecular flexibility index (Phi) is 9.34. The molecule has 0 bridgehead atoms. The number of aliphatic imine (C=N–C) groups is 1. The molecule has 0 saturated heterocycles. The second-order valence-corrected chi connectivity index (χ2v) is 6.86. The number of guanidine groups is 1. The van der Waals surface area contributed by atoms with Crippen molar-refractivity contribution in [2.75, 3.05) is 13.2 Å². The summed E-state index contributed by atoms with van der Waals surface area (Å²) < 4.78 is 43.3. The van der Waals surface area contributed by atoms with Crippen molar-refractivity contribution in [2.45, 2.75) is 51.7 Å². The van der Waals surface area contributed by atoms with E-state index in [0.717, 1.165) is 37.3 Å². The first-order chi connectivity index (χ1) is 13.9. The van der Waals surface area contributed by atoms with Crippen LogP contribution in [0.1, 0.15) is 30.3 Å². The zero-order valence-corrected chi connectivity index (χ0v) is 19.0. The number of hydrogen-bond acceptors (Lipinski definition) is 4. The van der Waals surface area contributed by atoms with Crippen LogP contribution >= 0.6 is 24.0 Å². The number of benzene rings is 1. The van der Waals surface area contributed by atoms with Crippen LogP contribution in [-0.4, -0.2) is 46.1 Å². The Morgan fingerprint density at radius 3 is 2.90 bits per heavy atom. The lowest BCUT2D eigenvalue weighted by Crippen LogP contribution is -2.47. The summed E-state index contributed by atoms with van der Waals surface area (Å²) in [6, 6.07) is 7.44. The van der Waals surface area contributed by atoms with E-state index in [-0.39, 0.29) is 36.6 Å². The van der Waals surface area contributed by atoms with Gasteiger partial charge >= 0.3 is 6.18 Å². The standard InChI is InChI=1S/C19H25F3N6O.HI/c1-2-23-18(27-16-6-7-17-25-13-26-28(17)10-16)24-9-14-4-3-5-15(8-14)11-29-12-19(20,21)22;/h3-5,8,13,16H,2,6-7,9-12H2,1H3,(H2,23,24,27);1H.